The molecule has 0 radical (unpaired) electrons. The maximum atomic E-state index is 15.4. The normalized spacial score (nSPS) is 16.7. The second-order valence-electron chi connectivity index (χ2n) is 15.9. The number of nitrogens with zero attached hydrogens (tertiary/aromatic N) is 6. The number of carbonyl (C=O) groups is 3. The monoisotopic (exact) mass is 780 g/mol. The molecule has 3 aliphatic heterocycles. The fourth-order valence-electron chi connectivity index (χ4n) is 8.49. The van der Waals surface area contributed by atoms with Crippen LogP contribution in [0.5, 0.6) is 5.75 Å². The Bertz CT molecular complexity index is 2330. The van der Waals surface area contributed by atoms with E-state index in [2.05, 4.69) is 29.2 Å². The number of morpholine rings is 1. The summed E-state index contributed by atoms with van der Waals surface area (Å²) in [5, 5.41) is 0. The maximum absolute atomic E-state index is 15.4. The lowest BCUT2D eigenvalue weighted by atomic mass is 9.89. The number of aromatic nitrogens is 1. The fourth-order valence-corrected chi connectivity index (χ4v) is 8.49. The number of rotatable bonds is 8. The minimum Gasteiger partial charge on any atom is -0.410 e. The average molecular weight is 781 g/mol. The first kappa shape index (κ1) is 38.9. The van der Waals surface area contributed by atoms with Crippen LogP contribution in [0.15, 0.2) is 97.1 Å². The first-order chi connectivity index (χ1) is 28.0. The Morgan fingerprint density at radius 2 is 1.48 bits per heavy atom. The second-order valence-corrected chi connectivity index (χ2v) is 15.9. The van der Waals surface area contributed by atoms with E-state index in [-0.39, 0.29) is 17.9 Å². The van der Waals surface area contributed by atoms with Gasteiger partial charge < -0.3 is 33.6 Å². The summed E-state index contributed by atoms with van der Waals surface area (Å²) in [6.45, 7) is 6.97. The number of carbonyl (C=O) groups excluding carboxylic acids is 3. The number of benzene rings is 4. The minimum atomic E-state index is -0.430. The van der Waals surface area contributed by atoms with Gasteiger partial charge in [0.15, 0.2) is 0 Å². The van der Waals surface area contributed by atoms with Crippen LogP contribution in [0, 0.1) is 6.92 Å². The van der Waals surface area contributed by atoms with Gasteiger partial charge in [-0.2, -0.15) is 0 Å². The van der Waals surface area contributed by atoms with Crippen molar-refractivity contribution in [2.24, 2.45) is 7.05 Å². The van der Waals surface area contributed by atoms with Gasteiger partial charge in [-0.3, -0.25) is 14.5 Å². The molecule has 11 nitrogen and oxygen atoms in total. The Morgan fingerprint density at radius 1 is 0.759 bits per heavy atom. The van der Waals surface area contributed by atoms with Crippen LogP contribution in [-0.4, -0.2) is 104 Å². The molecule has 0 spiro atoms. The highest BCUT2D eigenvalue weighted by atomic mass is 16.6. The zero-order chi connectivity index (χ0) is 40.5. The van der Waals surface area contributed by atoms with Crippen LogP contribution in [0.1, 0.15) is 48.7 Å². The van der Waals surface area contributed by atoms with Crippen molar-refractivity contribution >= 4 is 29.3 Å². The van der Waals surface area contributed by atoms with E-state index in [4.69, 9.17) is 9.47 Å². The molecule has 1 aromatic heterocycles. The fraction of sp³-hybridized carbons (Fsp3) is 0.340. The van der Waals surface area contributed by atoms with E-state index in [9.17, 15) is 9.59 Å². The van der Waals surface area contributed by atoms with Crippen molar-refractivity contribution in [2.75, 3.05) is 70.3 Å². The number of ether oxygens (including phenoxy) is 2. The standard InChI is InChI=1S/C47H52N6O5/c1-32-41(45(54)50(5)37-14-7-6-8-15-37)28-44(49(32)4)42-25-34-18-19-52(47(56)58-40-17-11-16-38(27-40)48(2)3)29-36(34)26-43(42)46(55)53-30-35-13-10-9-12-33(35)24-39(53)31-51-20-22-57-23-21-51/h6-17,25-28,39H,18-24,29-31H2,1-5H3/t39-/m0/s1. The van der Waals surface area contributed by atoms with Crippen LogP contribution >= 0.6 is 0 Å². The van der Waals surface area contributed by atoms with E-state index < -0.39 is 6.09 Å². The molecule has 1 atom stereocenters. The molecule has 0 N–H and O–H groups in total. The number of hydrogen-bond acceptors (Lipinski definition) is 7. The number of anilines is 2. The predicted molar refractivity (Wildman–Crippen MR) is 227 cm³/mol. The van der Waals surface area contributed by atoms with Crippen LogP contribution in [0.4, 0.5) is 16.2 Å². The van der Waals surface area contributed by atoms with Crippen LogP contribution in [0.3, 0.4) is 0 Å². The van der Waals surface area contributed by atoms with Gasteiger partial charge in [-0.25, -0.2) is 4.79 Å². The first-order valence-corrected chi connectivity index (χ1v) is 20.1. The molecule has 300 valence electrons. The Labute approximate surface area is 341 Å². The predicted octanol–water partition coefficient (Wildman–Crippen LogP) is 6.80. The lowest BCUT2D eigenvalue weighted by molar-refractivity contribution is 0.0193. The van der Waals surface area contributed by atoms with E-state index in [1.165, 1.54) is 5.56 Å². The molecule has 0 aliphatic carbocycles. The molecule has 8 rings (SSSR count). The van der Waals surface area contributed by atoms with Gasteiger partial charge in [0.2, 0.25) is 0 Å². The lowest BCUT2D eigenvalue weighted by Crippen LogP contribution is -2.52. The quantitative estimate of drug-likeness (QED) is 0.171. The third-order valence-corrected chi connectivity index (χ3v) is 12.1. The largest absolute Gasteiger partial charge is 0.415 e. The molecule has 0 bridgehead atoms. The molecule has 11 heteroatoms. The Morgan fingerprint density at radius 3 is 2.24 bits per heavy atom. The van der Waals surface area contributed by atoms with Crippen molar-refractivity contribution in [3.63, 3.8) is 0 Å². The summed E-state index contributed by atoms with van der Waals surface area (Å²) in [5.41, 5.74) is 9.61. The Hall–Kier alpha value is -5.91. The molecule has 0 saturated carbocycles. The van der Waals surface area contributed by atoms with Gasteiger partial charge >= 0.3 is 6.09 Å². The number of para-hydroxylation sites is 1. The van der Waals surface area contributed by atoms with Crippen LogP contribution in [0.25, 0.3) is 11.3 Å². The molecule has 0 unspecified atom stereocenters. The zero-order valence-electron chi connectivity index (χ0n) is 34.1. The molecule has 3 aliphatic rings. The van der Waals surface area contributed by atoms with Gasteiger partial charge in [0.05, 0.1) is 18.8 Å². The van der Waals surface area contributed by atoms with Crippen LogP contribution in [0.2, 0.25) is 0 Å². The van der Waals surface area contributed by atoms with E-state index in [0.29, 0.717) is 56.1 Å². The third kappa shape index (κ3) is 7.84. The number of hydrogen-bond donors (Lipinski definition) is 0. The van der Waals surface area contributed by atoms with Crippen molar-refractivity contribution in [3.05, 3.63) is 136 Å². The molecule has 5 aromatic rings. The maximum Gasteiger partial charge on any atom is 0.415 e. The van der Waals surface area contributed by atoms with Crippen LogP contribution in [-0.2, 0) is 37.7 Å². The SMILES string of the molecule is Cc1c(C(=O)N(C)c2ccccc2)cc(-c2cc3c(cc2C(=O)N2Cc4ccccc4C[C@H]2CN2CCOCC2)CN(C(=O)Oc2cccc(N(C)C)c2)CC3)n1C. The Balaban J connectivity index is 1.18. The van der Waals surface area contributed by atoms with Crippen molar-refractivity contribution in [1.82, 2.24) is 19.3 Å². The van der Waals surface area contributed by atoms with E-state index >= 15 is 4.79 Å². The van der Waals surface area contributed by atoms with Crippen molar-refractivity contribution in [3.8, 4) is 17.0 Å². The summed E-state index contributed by atoms with van der Waals surface area (Å²) < 4.78 is 13.6. The zero-order valence-corrected chi connectivity index (χ0v) is 34.1. The highest BCUT2D eigenvalue weighted by Crippen LogP contribution is 2.36. The van der Waals surface area contributed by atoms with E-state index in [0.717, 1.165) is 71.1 Å². The van der Waals surface area contributed by atoms with Crippen molar-refractivity contribution < 1.29 is 23.9 Å². The first-order valence-electron chi connectivity index (χ1n) is 20.1. The summed E-state index contributed by atoms with van der Waals surface area (Å²) in [5.74, 6) is 0.283. The van der Waals surface area contributed by atoms with Crippen molar-refractivity contribution in [1.29, 1.82) is 0 Å². The van der Waals surface area contributed by atoms with Gasteiger partial charge in [0, 0.05) is 113 Å². The highest BCUT2D eigenvalue weighted by Gasteiger charge is 2.35. The van der Waals surface area contributed by atoms with E-state index in [1.807, 2.05) is 109 Å². The van der Waals surface area contributed by atoms with Gasteiger partial charge in [0.25, 0.3) is 11.8 Å². The third-order valence-electron chi connectivity index (χ3n) is 12.1. The highest BCUT2D eigenvalue weighted by molar-refractivity contribution is 6.08. The molecular formula is C47H52N6O5. The molecule has 1 fully saturated rings. The average Bonchev–Trinajstić information content (AvgIpc) is 3.55. The Kier molecular flexibility index (Phi) is 11.1. The summed E-state index contributed by atoms with van der Waals surface area (Å²) in [4.78, 5) is 52.9. The molecule has 1 saturated heterocycles. The minimum absolute atomic E-state index is 0.0550. The summed E-state index contributed by atoms with van der Waals surface area (Å²) in [6, 6.07) is 31.5. The topological polar surface area (TPSA) is 90.8 Å². The van der Waals surface area contributed by atoms with Gasteiger partial charge in [-0.05, 0) is 84.5 Å². The number of amides is 3. The molecule has 4 heterocycles. The lowest BCUT2D eigenvalue weighted by Gasteiger charge is -2.41. The second kappa shape index (κ2) is 16.5. The summed E-state index contributed by atoms with van der Waals surface area (Å²) >= 11 is 0. The molecular weight excluding hydrogens is 729 g/mol. The van der Waals surface area contributed by atoms with Gasteiger partial charge in [-0.1, -0.05) is 48.5 Å². The molecule has 4 aromatic carbocycles. The smallest absolute Gasteiger partial charge is 0.410 e. The van der Waals surface area contributed by atoms with Gasteiger partial charge in [0.1, 0.15) is 5.75 Å². The summed E-state index contributed by atoms with van der Waals surface area (Å²) in [7, 11) is 7.64. The van der Waals surface area contributed by atoms with Gasteiger partial charge in [-0.15, -0.1) is 0 Å². The van der Waals surface area contributed by atoms with Crippen LogP contribution < -0.4 is 14.5 Å². The molecule has 58 heavy (non-hydrogen) atoms. The summed E-state index contributed by atoms with van der Waals surface area (Å²) in [6.07, 6.45) is 0.911. The van der Waals surface area contributed by atoms with Crippen molar-refractivity contribution in [2.45, 2.75) is 38.9 Å². The van der Waals surface area contributed by atoms with E-state index in [1.54, 1.807) is 22.9 Å². The molecule has 3 amide bonds. The number of fused-ring (bicyclic) bond motifs is 2.